The summed E-state index contributed by atoms with van der Waals surface area (Å²) in [6.07, 6.45) is 0.336. The first-order valence-corrected chi connectivity index (χ1v) is 13.4. The van der Waals surface area contributed by atoms with E-state index in [1.54, 1.807) is 24.8 Å². The molecular weight excluding hydrogens is 477 g/mol. The highest BCUT2D eigenvalue weighted by molar-refractivity contribution is 7.85. The number of carbonyl (C=O) groups excluding carboxylic acids is 1. The Hall–Kier alpha value is -3.52. The Morgan fingerprint density at radius 2 is 1.92 bits per heavy atom. The van der Waals surface area contributed by atoms with Crippen molar-refractivity contribution in [1.29, 1.82) is 0 Å². The van der Waals surface area contributed by atoms with Crippen molar-refractivity contribution in [2.45, 2.75) is 38.6 Å². The third-order valence-electron chi connectivity index (χ3n) is 6.56. The van der Waals surface area contributed by atoms with E-state index in [1.165, 1.54) is 6.07 Å². The number of nitrogens with one attached hydrogen (secondary N) is 1. The second-order valence-corrected chi connectivity index (χ2v) is 10.6. The number of carbonyl (C=O) groups is 1. The predicted molar refractivity (Wildman–Crippen MR) is 139 cm³/mol. The van der Waals surface area contributed by atoms with Gasteiger partial charge in [-0.1, -0.05) is 26.0 Å². The van der Waals surface area contributed by atoms with Crippen LogP contribution in [0, 0.1) is 12.7 Å². The van der Waals surface area contributed by atoms with Gasteiger partial charge in [-0.15, -0.1) is 0 Å². The molecular formula is C28H28FN3O3S. The van der Waals surface area contributed by atoms with E-state index in [4.69, 9.17) is 4.74 Å². The van der Waals surface area contributed by atoms with Crippen LogP contribution in [0.15, 0.2) is 53.4 Å². The maximum absolute atomic E-state index is 15.2. The van der Waals surface area contributed by atoms with Crippen molar-refractivity contribution in [1.82, 2.24) is 14.9 Å². The third kappa shape index (κ3) is 4.41. The van der Waals surface area contributed by atoms with Crippen molar-refractivity contribution in [2.24, 2.45) is 0 Å². The quantitative estimate of drug-likeness (QED) is 0.394. The van der Waals surface area contributed by atoms with Gasteiger partial charge in [0.25, 0.3) is 5.91 Å². The van der Waals surface area contributed by atoms with E-state index in [1.807, 2.05) is 37.3 Å². The van der Waals surface area contributed by atoms with Gasteiger partial charge in [0.15, 0.2) is 0 Å². The molecule has 0 saturated heterocycles. The van der Waals surface area contributed by atoms with Crippen molar-refractivity contribution in [3.63, 3.8) is 0 Å². The van der Waals surface area contributed by atoms with Crippen LogP contribution in [0.4, 0.5) is 4.39 Å². The smallest absolute Gasteiger partial charge is 0.254 e. The van der Waals surface area contributed by atoms with Crippen molar-refractivity contribution in [3.05, 3.63) is 76.9 Å². The van der Waals surface area contributed by atoms with E-state index in [0.717, 1.165) is 39.3 Å². The minimum absolute atomic E-state index is 0.157. The minimum Gasteiger partial charge on any atom is -0.491 e. The number of H-pyrrole nitrogens is 1. The average Bonchev–Trinajstić information content (AvgIpc) is 3.12. The molecule has 186 valence electrons. The third-order valence-corrected chi connectivity index (χ3v) is 7.89. The second-order valence-electron chi connectivity index (χ2n) is 8.84. The zero-order valence-corrected chi connectivity index (χ0v) is 21.4. The summed E-state index contributed by atoms with van der Waals surface area (Å²) in [5.74, 6) is 1.13. The number of rotatable bonds is 5. The van der Waals surface area contributed by atoms with Crippen LogP contribution >= 0.6 is 0 Å². The van der Waals surface area contributed by atoms with Crippen LogP contribution in [0.25, 0.3) is 22.2 Å². The fourth-order valence-corrected chi connectivity index (χ4v) is 5.57. The highest BCUT2D eigenvalue weighted by Gasteiger charge is 2.26. The number of fused-ring (bicyclic) bond motifs is 2. The molecule has 0 radical (unpaired) electrons. The molecule has 0 bridgehead atoms. The van der Waals surface area contributed by atoms with Crippen LogP contribution < -0.4 is 4.74 Å². The highest BCUT2D eigenvalue weighted by atomic mass is 32.2. The lowest BCUT2D eigenvalue weighted by atomic mass is 10.0. The maximum atomic E-state index is 15.2. The molecule has 1 aliphatic heterocycles. The fraction of sp³-hybridized carbons (Fsp3) is 0.286. The van der Waals surface area contributed by atoms with Gasteiger partial charge in [-0.2, -0.15) is 0 Å². The molecule has 8 heteroatoms. The number of benzene rings is 3. The zero-order chi connectivity index (χ0) is 25.4. The lowest BCUT2D eigenvalue weighted by Crippen LogP contribution is -2.33. The molecule has 3 aromatic carbocycles. The summed E-state index contributed by atoms with van der Waals surface area (Å²) < 4.78 is 33.4. The molecule has 1 aromatic heterocycles. The Balaban J connectivity index is 1.47. The number of halogens is 1. The topological polar surface area (TPSA) is 75.3 Å². The first-order valence-electron chi connectivity index (χ1n) is 12.1. The zero-order valence-electron chi connectivity index (χ0n) is 20.6. The van der Waals surface area contributed by atoms with Crippen LogP contribution in [0.2, 0.25) is 0 Å². The first-order chi connectivity index (χ1) is 17.4. The number of nitrogens with zero attached hydrogens (tertiary/aromatic N) is 2. The van der Waals surface area contributed by atoms with Crippen LogP contribution in [-0.2, 0) is 23.8 Å². The Morgan fingerprint density at radius 3 is 2.69 bits per heavy atom. The molecule has 0 fully saturated rings. The maximum Gasteiger partial charge on any atom is 0.254 e. The number of hydrogen-bond donors (Lipinski definition) is 1. The Kier molecular flexibility index (Phi) is 6.62. The summed E-state index contributed by atoms with van der Waals surface area (Å²) in [7, 11) is -1.43. The van der Waals surface area contributed by atoms with E-state index >= 15 is 4.39 Å². The van der Waals surface area contributed by atoms with Gasteiger partial charge in [0, 0.05) is 29.0 Å². The van der Waals surface area contributed by atoms with E-state index in [2.05, 4.69) is 16.0 Å². The van der Waals surface area contributed by atoms with Gasteiger partial charge in [0.05, 0.1) is 33.3 Å². The Morgan fingerprint density at radius 1 is 1.14 bits per heavy atom. The SMILES string of the molecule is CCc1c(C(=O)N2CCOc3ccc(-c4ccc5nc(C)[nH]c5c4)cc3C2)ccc(S(=O)CC)c1F. The summed E-state index contributed by atoms with van der Waals surface area (Å²) in [6, 6.07) is 15.2. The first kappa shape index (κ1) is 24.2. The second kappa shape index (κ2) is 9.85. The number of amides is 1. The minimum atomic E-state index is -1.43. The van der Waals surface area contributed by atoms with Crippen LogP contribution in [0.1, 0.15) is 41.2 Å². The van der Waals surface area contributed by atoms with Crippen LogP contribution in [0.5, 0.6) is 5.75 Å². The van der Waals surface area contributed by atoms with Gasteiger partial charge in [-0.05, 0) is 60.9 Å². The monoisotopic (exact) mass is 505 g/mol. The van der Waals surface area contributed by atoms with Crippen molar-refractivity contribution in [2.75, 3.05) is 18.9 Å². The molecule has 1 amide bonds. The summed E-state index contributed by atoms with van der Waals surface area (Å²) in [5, 5.41) is 0. The molecule has 1 aliphatic rings. The molecule has 5 rings (SSSR count). The molecule has 2 heterocycles. The van der Waals surface area contributed by atoms with E-state index in [9.17, 15) is 9.00 Å². The van der Waals surface area contributed by atoms with E-state index in [0.29, 0.717) is 43.0 Å². The predicted octanol–water partition coefficient (Wildman–Crippen LogP) is 5.40. The Bertz CT molecular complexity index is 1500. The normalized spacial score (nSPS) is 14.3. The van der Waals surface area contributed by atoms with Crippen LogP contribution in [0.3, 0.4) is 0 Å². The number of imidazole rings is 1. The van der Waals surface area contributed by atoms with E-state index < -0.39 is 16.6 Å². The number of aryl methyl sites for hydroxylation is 1. The molecule has 0 spiro atoms. The summed E-state index contributed by atoms with van der Waals surface area (Å²) in [4.78, 5) is 23.2. The molecule has 1 atom stereocenters. The largest absolute Gasteiger partial charge is 0.491 e. The average molecular weight is 506 g/mol. The van der Waals surface area contributed by atoms with Gasteiger partial charge in [0.2, 0.25) is 0 Å². The summed E-state index contributed by atoms with van der Waals surface area (Å²) >= 11 is 0. The summed E-state index contributed by atoms with van der Waals surface area (Å²) in [5.41, 5.74) is 5.43. The number of hydrogen-bond acceptors (Lipinski definition) is 4. The standard InChI is InChI=1S/C28H28FN3O3S/c1-4-21-22(8-11-26(27(21)29)36(34)5-2)28(33)32-12-13-35-25-10-7-18(14-20(25)16-32)19-6-9-23-24(15-19)31-17(3)30-23/h6-11,14-15H,4-5,12-13,16H2,1-3H3,(H,30,31). The van der Waals surface area contributed by atoms with Crippen molar-refractivity contribution < 1.29 is 18.1 Å². The summed E-state index contributed by atoms with van der Waals surface area (Å²) in [6.45, 7) is 6.56. The van der Waals surface area contributed by atoms with Crippen LogP contribution in [-0.4, -0.2) is 43.9 Å². The lowest BCUT2D eigenvalue weighted by Gasteiger charge is -2.22. The number of aromatic nitrogens is 2. The number of aromatic amines is 1. The van der Waals surface area contributed by atoms with Gasteiger partial charge in [-0.25, -0.2) is 9.37 Å². The molecule has 1 N–H and O–H groups in total. The Labute approximate surface area is 212 Å². The fourth-order valence-electron chi connectivity index (χ4n) is 4.71. The van der Waals surface area contributed by atoms with Gasteiger partial charge < -0.3 is 14.6 Å². The highest BCUT2D eigenvalue weighted by Crippen LogP contribution is 2.32. The molecule has 4 aromatic rings. The van der Waals surface area contributed by atoms with Gasteiger partial charge >= 0.3 is 0 Å². The number of ether oxygens (including phenoxy) is 1. The molecule has 0 saturated carbocycles. The lowest BCUT2D eigenvalue weighted by molar-refractivity contribution is 0.0731. The van der Waals surface area contributed by atoms with Gasteiger partial charge in [-0.3, -0.25) is 9.00 Å². The van der Waals surface area contributed by atoms with E-state index in [-0.39, 0.29) is 10.8 Å². The van der Waals surface area contributed by atoms with Gasteiger partial charge in [0.1, 0.15) is 24.0 Å². The molecule has 6 nitrogen and oxygen atoms in total. The molecule has 0 aliphatic carbocycles. The van der Waals surface area contributed by atoms with Crippen molar-refractivity contribution in [3.8, 4) is 16.9 Å². The molecule has 36 heavy (non-hydrogen) atoms. The van der Waals surface area contributed by atoms with Crippen molar-refractivity contribution >= 4 is 27.7 Å². The molecule has 1 unspecified atom stereocenters.